The van der Waals surface area contributed by atoms with E-state index in [1.54, 1.807) is 18.3 Å². The minimum atomic E-state index is -0.0307. The van der Waals surface area contributed by atoms with Gasteiger partial charge in [0.1, 0.15) is 5.75 Å². The fourth-order valence-corrected chi connectivity index (χ4v) is 3.72. The van der Waals surface area contributed by atoms with Crippen molar-refractivity contribution in [2.24, 2.45) is 0 Å². The monoisotopic (exact) mass is 326 g/mol. The van der Waals surface area contributed by atoms with Crippen molar-refractivity contribution in [1.29, 1.82) is 0 Å². The molecule has 25 heavy (non-hydrogen) atoms. The van der Waals surface area contributed by atoms with Crippen LogP contribution in [0.3, 0.4) is 0 Å². The van der Waals surface area contributed by atoms with Crippen molar-refractivity contribution in [2.75, 3.05) is 0 Å². The van der Waals surface area contributed by atoms with Crippen molar-refractivity contribution >= 4 is 16.7 Å². The van der Waals surface area contributed by atoms with E-state index < -0.39 is 0 Å². The topological polar surface area (TPSA) is 55.1 Å². The fourth-order valence-electron chi connectivity index (χ4n) is 3.72. The molecule has 0 atom stereocenters. The molecule has 4 heteroatoms. The zero-order valence-electron chi connectivity index (χ0n) is 13.3. The molecule has 4 nitrogen and oxygen atoms in total. The summed E-state index contributed by atoms with van der Waals surface area (Å²) in [4.78, 5) is 17.4. The Morgan fingerprint density at radius 3 is 2.52 bits per heavy atom. The first-order valence-electron chi connectivity index (χ1n) is 8.14. The van der Waals surface area contributed by atoms with Gasteiger partial charge in [0.25, 0.3) is 0 Å². The normalized spacial score (nSPS) is 12.4. The van der Waals surface area contributed by atoms with E-state index in [1.807, 2.05) is 48.5 Å². The number of hydrogen-bond donors (Lipinski definition) is 1. The lowest BCUT2D eigenvalue weighted by molar-refractivity contribution is 0.104. The van der Waals surface area contributed by atoms with Crippen molar-refractivity contribution in [2.45, 2.75) is 6.54 Å². The molecule has 0 fully saturated rings. The smallest absolute Gasteiger partial charge is 0.196 e. The van der Waals surface area contributed by atoms with Gasteiger partial charge in [-0.3, -0.25) is 9.78 Å². The van der Waals surface area contributed by atoms with Gasteiger partial charge in [-0.05, 0) is 24.3 Å². The zero-order valence-corrected chi connectivity index (χ0v) is 13.3. The number of carbonyl (C=O) groups is 1. The zero-order chi connectivity index (χ0) is 17.0. The van der Waals surface area contributed by atoms with E-state index in [9.17, 15) is 9.90 Å². The van der Waals surface area contributed by atoms with E-state index in [-0.39, 0.29) is 11.5 Å². The summed E-state index contributed by atoms with van der Waals surface area (Å²) in [6.07, 6.45) is 1.76. The van der Waals surface area contributed by atoms with Crippen LogP contribution in [0.25, 0.3) is 22.2 Å². The average Bonchev–Trinajstić information content (AvgIpc) is 3.12. The highest BCUT2D eigenvalue weighted by Gasteiger charge is 2.34. The molecular formula is C21H14N2O2. The number of aromatic nitrogens is 2. The number of rotatable bonds is 2. The lowest BCUT2D eigenvalue weighted by Crippen LogP contribution is -2.03. The van der Waals surface area contributed by atoms with Gasteiger partial charge >= 0.3 is 0 Å². The number of aromatic hydroxyl groups is 1. The molecule has 1 aliphatic carbocycles. The molecule has 0 saturated carbocycles. The SMILES string of the molecule is O=C1c2ccccc2-c2c1c1c(O)cccc1n2Cc1ccccn1. The number of nitrogens with zero attached hydrogens (tertiary/aromatic N) is 2. The third kappa shape index (κ3) is 1.88. The number of pyridine rings is 1. The standard InChI is InChI=1S/C21H14N2O2/c24-17-10-5-9-16-18(17)19-20(14-7-1-2-8-15(14)21(19)25)23(16)12-13-6-3-4-11-22-13/h1-11,24H,12H2. The summed E-state index contributed by atoms with van der Waals surface area (Å²) < 4.78 is 2.08. The molecule has 0 amide bonds. The first-order chi connectivity index (χ1) is 12.3. The number of carbonyl (C=O) groups excluding carboxylic acids is 1. The van der Waals surface area contributed by atoms with Crippen LogP contribution in [-0.4, -0.2) is 20.4 Å². The molecule has 0 spiro atoms. The van der Waals surface area contributed by atoms with Gasteiger partial charge in [0.2, 0.25) is 0 Å². The number of phenolic OH excluding ortho intramolecular Hbond substituents is 1. The maximum Gasteiger partial charge on any atom is 0.196 e. The van der Waals surface area contributed by atoms with E-state index in [0.717, 1.165) is 22.5 Å². The summed E-state index contributed by atoms with van der Waals surface area (Å²) >= 11 is 0. The number of hydrogen-bond acceptors (Lipinski definition) is 3. The number of benzene rings is 2. The molecule has 1 aliphatic rings. The molecule has 5 rings (SSSR count). The Morgan fingerprint density at radius 1 is 0.920 bits per heavy atom. The summed E-state index contributed by atoms with van der Waals surface area (Å²) in [6.45, 7) is 0.539. The number of ketones is 1. The molecule has 0 saturated heterocycles. The highest BCUT2D eigenvalue weighted by Crippen LogP contribution is 2.45. The maximum atomic E-state index is 13.0. The van der Waals surface area contributed by atoms with Gasteiger partial charge in [0.15, 0.2) is 5.78 Å². The molecule has 0 aliphatic heterocycles. The summed E-state index contributed by atoms with van der Waals surface area (Å²) in [5.74, 6) is 0.103. The van der Waals surface area contributed by atoms with Crippen LogP contribution in [0.15, 0.2) is 66.9 Å². The summed E-state index contributed by atoms with van der Waals surface area (Å²) in [7, 11) is 0. The van der Waals surface area contributed by atoms with E-state index in [2.05, 4.69) is 9.55 Å². The molecule has 2 heterocycles. The Kier molecular flexibility index (Phi) is 2.82. The Bertz CT molecular complexity index is 1140. The van der Waals surface area contributed by atoms with Crippen molar-refractivity contribution in [3.63, 3.8) is 0 Å². The minimum absolute atomic E-state index is 0.0307. The van der Waals surface area contributed by atoms with Crippen LogP contribution in [0, 0.1) is 0 Å². The lowest BCUT2D eigenvalue weighted by Gasteiger charge is -2.10. The van der Waals surface area contributed by atoms with Gasteiger partial charge in [-0.1, -0.05) is 36.4 Å². The van der Waals surface area contributed by atoms with Crippen molar-refractivity contribution in [3.8, 4) is 17.0 Å². The molecular weight excluding hydrogens is 312 g/mol. The van der Waals surface area contributed by atoms with Gasteiger partial charge in [-0.15, -0.1) is 0 Å². The van der Waals surface area contributed by atoms with Crippen LogP contribution < -0.4 is 0 Å². The van der Waals surface area contributed by atoms with Crippen LogP contribution in [0.5, 0.6) is 5.75 Å². The van der Waals surface area contributed by atoms with Crippen molar-refractivity contribution in [3.05, 3.63) is 83.7 Å². The van der Waals surface area contributed by atoms with Crippen LogP contribution in [0.1, 0.15) is 21.6 Å². The van der Waals surface area contributed by atoms with Gasteiger partial charge in [-0.2, -0.15) is 0 Å². The van der Waals surface area contributed by atoms with E-state index >= 15 is 0 Å². The minimum Gasteiger partial charge on any atom is -0.507 e. The Hall–Kier alpha value is -3.40. The predicted molar refractivity (Wildman–Crippen MR) is 95.8 cm³/mol. The summed E-state index contributed by atoms with van der Waals surface area (Å²) in [5, 5.41) is 11.1. The van der Waals surface area contributed by atoms with E-state index in [0.29, 0.717) is 23.1 Å². The fraction of sp³-hybridized carbons (Fsp3) is 0.0476. The summed E-state index contributed by atoms with van der Waals surface area (Å²) in [5.41, 5.74) is 4.80. The Morgan fingerprint density at radius 2 is 1.72 bits per heavy atom. The van der Waals surface area contributed by atoms with E-state index in [1.165, 1.54) is 0 Å². The molecule has 2 aromatic heterocycles. The highest BCUT2D eigenvalue weighted by atomic mass is 16.3. The molecule has 120 valence electrons. The molecule has 1 N–H and O–H groups in total. The van der Waals surface area contributed by atoms with Gasteiger partial charge < -0.3 is 9.67 Å². The van der Waals surface area contributed by atoms with Crippen molar-refractivity contribution in [1.82, 2.24) is 9.55 Å². The van der Waals surface area contributed by atoms with Crippen LogP contribution >= 0.6 is 0 Å². The molecule has 0 radical (unpaired) electrons. The first kappa shape index (κ1) is 14.0. The third-order valence-electron chi connectivity index (χ3n) is 4.77. The number of fused-ring (bicyclic) bond motifs is 5. The largest absolute Gasteiger partial charge is 0.507 e. The molecule has 0 bridgehead atoms. The van der Waals surface area contributed by atoms with Crippen molar-refractivity contribution < 1.29 is 9.90 Å². The van der Waals surface area contributed by atoms with Gasteiger partial charge in [-0.25, -0.2) is 0 Å². The Balaban J connectivity index is 1.87. The van der Waals surface area contributed by atoms with Crippen LogP contribution in [0.4, 0.5) is 0 Å². The van der Waals surface area contributed by atoms with Gasteiger partial charge in [0.05, 0.1) is 34.4 Å². The quantitative estimate of drug-likeness (QED) is 0.533. The van der Waals surface area contributed by atoms with E-state index in [4.69, 9.17) is 0 Å². The third-order valence-corrected chi connectivity index (χ3v) is 4.77. The summed E-state index contributed by atoms with van der Waals surface area (Å²) in [6, 6.07) is 18.8. The second kappa shape index (κ2) is 5.05. The maximum absolute atomic E-state index is 13.0. The first-order valence-corrected chi connectivity index (χ1v) is 8.14. The second-order valence-electron chi connectivity index (χ2n) is 6.18. The molecule has 4 aromatic rings. The lowest BCUT2D eigenvalue weighted by atomic mass is 10.1. The average molecular weight is 326 g/mol. The second-order valence-corrected chi connectivity index (χ2v) is 6.18. The highest BCUT2D eigenvalue weighted by molar-refractivity contribution is 6.28. The predicted octanol–water partition coefficient (Wildman–Crippen LogP) is 4.00. The Labute approximate surface area is 144 Å². The molecule has 0 unspecified atom stereocenters. The molecule has 2 aromatic carbocycles. The van der Waals surface area contributed by atoms with Gasteiger partial charge in [0, 0.05) is 17.3 Å². The van der Waals surface area contributed by atoms with Crippen LogP contribution in [0.2, 0.25) is 0 Å². The van der Waals surface area contributed by atoms with Crippen LogP contribution in [-0.2, 0) is 6.54 Å². The number of phenols is 1.